The summed E-state index contributed by atoms with van der Waals surface area (Å²) in [5.41, 5.74) is -0.0877. The molecule has 1 amide bonds. The topological polar surface area (TPSA) is 66.4 Å². The predicted octanol–water partition coefficient (Wildman–Crippen LogP) is -1.95. The zero-order valence-corrected chi connectivity index (χ0v) is 11.6. The smallest absolute Gasteiger partial charge is 1.00 e. The molecule has 80 valence electrons. The summed E-state index contributed by atoms with van der Waals surface area (Å²) in [5.74, 6) is -0.807. The Balaban J connectivity index is 0. The number of rotatable bonds is 3. The maximum absolute atomic E-state index is 11.3. The summed E-state index contributed by atoms with van der Waals surface area (Å²) in [6, 6.07) is -0.397. The van der Waals surface area contributed by atoms with Gasteiger partial charge in [-0.05, 0) is 12.8 Å². The number of carbonyl (C=O) groups excluding carboxylic acids is 2. The molecule has 15 heavy (non-hydrogen) atoms. The molecule has 1 heterocycles. The van der Waals surface area contributed by atoms with Gasteiger partial charge < -0.3 is 11.8 Å². The molecule has 2 atom stereocenters. The molecule has 0 aliphatic carbocycles. The molecule has 0 bridgehead atoms. The number of ketones is 1. The van der Waals surface area contributed by atoms with Gasteiger partial charge in [-0.3, -0.25) is 9.59 Å². The third-order valence-corrected chi connectivity index (χ3v) is 2.63. The maximum atomic E-state index is 11.3. The van der Waals surface area contributed by atoms with E-state index in [1.807, 2.05) is 13.8 Å². The fourth-order valence-electron chi connectivity index (χ4n) is 1.54. The molecule has 0 saturated carbocycles. The van der Waals surface area contributed by atoms with Crippen LogP contribution in [0.5, 0.6) is 0 Å². The minimum absolute atomic E-state index is 0. The standard InChI is InChI=1S/C10H15NO3.Na.H/c1-4-5(2)8-9(13)7(6(3)12)10(14)11-8;;/h5,8,13H,4H2,1-3H3,(H,11,14);;/q;+1;-1. The Hall–Kier alpha value is -0.320. The van der Waals surface area contributed by atoms with Gasteiger partial charge in [-0.1, -0.05) is 20.3 Å². The Labute approximate surface area is 113 Å². The number of nitrogens with one attached hydrogen (secondary N) is 1. The predicted molar refractivity (Wildman–Crippen MR) is 52.8 cm³/mol. The number of Topliss-reactive ketones (excluding diaryl/α,β-unsaturated/α-hetero) is 1. The first-order chi connectivity index (χ1) is 6.49. The average molecular weight is 221 g/mol. The number of aliphatic hydroxyl groups is 1. The molecule has 1 aliphatic heterocycles. The molecule has 0 fully saturated rings. The fourth-order valence-corrected chi connectivity index (χ4v) is 1.54. The summed E-state index contributed by atoms with van der Waals surface area (Å²) in [6.45, 7) is 5.17. The second kappa shape index (κ2) is 5.68. The molecule has 0 saturated heterocycles. The number of hydrogen-bond acceptors (Lipinski definition) is 3. The molecule has 4 nitrogen and oxygen atoms in total. The van der Waals surface area contributed by atoms with Crippen molar-refractivity contribution in [2.75, 3.05) is 0 Å². The number of amides is 1. The van der Waals surface area contributed by atoms with Crippen LogP contribution in [0.25, 0.3) is 0 Å². The molecule has 1 rings (SSSR count). The summed E-state index contributed by atoms with van der Waals surface area (Å²) in [4.78, 5) is 22.4. The summed E-state index contributed by atoms with van der Waals surface area (Å²) < 4.78 is 0. The molecule has 5 heteroatoms. The van der Waals surface area contributed by atoms with Gasteiger partial charge in [0.1, 0.15) is 11.3 Å². The summed E-state index contributed by atoms with van der Waals surface area (Å²) in [5, 5.41) is 12.3. The van der Waals surface area contributed by atoms with Crippen molar-refractivity contribution < 1.29 is 45.7 Å². The summed E-state index contributed by atoms with van der Waals surface area (Å²) >= 11 is 0. The minimum Gasteiger partial charge on any atom is -1.00 e. The second-order valence-electron chi connectivity index (χ2n) is 3.65. The van der Waals surface area contributed by atoms with Crippen molar-refractivity contribution in [2.24, 2.45) is 5.92 Å². The van der Waals surface area contributed by atoms with Crippen LogP contribution in [0, 0.1) is 5.92 Å². The van der Waals surface area contributed by atoms with Gasteiger partial charge in [-0.15, -0.1) is 0 Å². The van der Waals surface area contributed by atoms with Crippen molar-refractivity contribution in [1.29, 1.82) is 0 Å². The first-order valence-electron chi connectivity index (χ1n) is 4.74. The zero-order valence-electron chi connectivity index (χ0n) is 10.6. The SMILES string of the molecule is CCC(C)C1NC(=O)C(C(C)=O)=C1O.[H-].[Na+]. The first-order valence-corrected chi connectivity index (χ1v) is 4.74. The van der Waals surface area contributed by atoms with Crippen LogP contribution in [0.15, 0.2) is 11.3 Å². The van der Waals surface area contributed by atoms with Gasteiger partial charge in [-0.25, -0.2) is 0 Å². The summed E-state index contributed by atoms with van der Waals surface area (Å²) in [7, 11) is 0. The Morgan fingerprint density at radius 1 is 1.67 bits per heavy atom. The van der Waals surface area contributed by atoms with Crippen LogP contribution < -0.4 is 34.9 Å². The number of hydrogen-bond donors (Lipinski definition) is 2. The van der Waals surface area contributed by atoms with Crippen molar-refractivity contribution in [1.82, 2.24) is 5.32 Å². The van der Waals surface area contributed by atoms with E-state index >= 15 is 0 Å². The van der Waals surface area contributed by atoms with E-state index in [4.69, 9.17) is 0 Å². The molecular formula is C10H16NNaO3. The second-order valence-corrected chi connectivity index (χ2v) is 3.65. The van der Waals surface area contributed by atoms with Gasteiger partial charge in [0.25, 0.3) is 5.91 Å². The number of carbonyl (C=O) groups is 2. The van der Waals surface area contributed by atoms with Crippen LogP contribution in [0.3, 0.4) is 0 Å². The molecular weight excluding hydrogens is 205 g/mol. The average Bonchev–Trinajstić information content (AvgIpc) is 2.40. The van der Waals surface area contributed by atoms with E-state index in [2.05, 4.69) is 5.32 Å². The Bertz CT molecular complexity index is 317. The van der Waals surface area contributed by atoms with Crippen LogP contribution >= 0.6 is 0 Å². The molecule has 0 aromatic heterocycles. The van der Waals surface area contributed by atoms with Crippen molar-refractivity contribution in [3.63, 3.8) is 0 Å². The summed E-state index contributed by atoms with van der Waals surface area (Å²) in [6.07, 6.45) is 0.834. The van der Waals surface area contributed by atoms with Gasteiger partial charge in [-0.2, -0.15) is 0 Å². The van der Waals surface area contributed by atoms with Gasteiger partial charge >= 0.3 is 29.6 Å². The Kier molecular flexibility index (Phi) is 5.56. The Morgan fingerprint density at radius 2 is 2.20 bits per heavy atom. The van der Waals surface area contributed by atoms with Gasteiger partial charge in [0.05, 0.1) is 6.04 Å². The van der Waals surface area contributed by atoms with Crippen LogP contribution in [-0.2, 0) is 9.59 Å². The minimum atomic E-state index is -0.458. The molecule has 0 spiro atoms. The van der Waals surface area contributed by atoms with E-state index in [0.29, 0.717) is 0 Å². The largest absolute Gasteiger partial charge is 1.00 e. The van der Waals surface area contributed by atoms with Crippen LogP contribution in [0.4, 0.5) is 0 Å². The molecule has 2 N–H and O–H groups in total. The molecule has 0 aromatic carbocycles. The van der Waals surface area contributed by atoms with E-state index < -0.39 is 11.9 Å². The van der Waals surface area contributed by atoms with Crippen LogP contribution in [0.1, 0.15) is 28.6 Å². The van der Waals surface area contributed by atoms with Gasteiger partial charge in [0, 0.05) is 0 Å². The van der Waals surface area contributed by atoms with Crippen molar-refractivity contribution in [3.05, 3.63) is 11.3 Å². The van der Waals surface area contributed by atoms with Gasteiger partial charge in [0.2, 0.25) is 0 Å². The van der Waals surface area contributed by atoms with E-state index in [1.54, 1.807) is 0 Å². The van der Waals surface area contributed by atoms with Crippen LogP contribution in [-0.4, -0.2) is 22.8 Å². The maximum Gasteiger partial charge on any atom is 1.00 e. The van der Waals surface area contributed by atoms with Crippen molar-refractivity contribution in [3.8, 4) is 0 Å². The third-order valence-electron chi connectivity index (χ3n) is 2.63. The Morgan fingerprint density at radius 3 is 2.53 bits per heavy atom. The fraction of sp³-hybridized carbons (Fsp3) is 0.600. The molecule has 0 aromatic rings. The van der Waals surface area contributed by atoms with Crippen molar-refractivity contribution in [2.45, 2.75) is 33.2 Å². The first kappa shape index (κ1) is 14.7. The van der Waals surface area contributed by atoms with E-state index in [0.717, 1.165) is 6.42 Å². The molecule has 2 unspecified atom stereocenters. The van der Waals surface area contributed by atoms with Crippen molar-refractivity contribution >= 4 is 11.7 Å². The molecule has 1 aliphatic rings. The normalized spacial score (nSPS) is 22.1. The molecule has 0 radical (unpaired) electrons. The van der Waals surface area contributed by atoms with E-state index in [1.165, 1.54) is 6.92 Å². The van der Waals surface area contributed by atoms with Gasteiger partial charge in [0.15, 0.2) is 5.78 Å². The third kappa shape index (κ3) is 2.83. The monoisotopic (exact) mass is 221 g/mol. The van der Waals surface area contributed by atoms with E-state index in [9.17, 15) is 14.7 Å². The van der Waals surface area contributed by atoms with E-state index in [-0.39, 0.29) is 54.0 Å². The van der Waals surface area contributed by atoms with Crippen LogP contribution in [0.2, 0.25) is 0 Å². The zero-order chi connectivity index (χ0) is 10.9. The number of aliphatic hydroxyl groups excluding tert-OH is 1. The quantitative estimate of drug-likeness (QED) is 0.430.